The summed E-state index contributed by atoms with van der Waals surface area (Å²) in [6.45, 7) is 4.81. The molecule has 4 N–H and O–H groups in total. The Kier molecular flexibility index (Phi) is 5.57. The van der Waals surface area contributed by atoms with Gasteiger partial charge in [0.15, 0.2) is 0 Å². The average Bonchev–Trinajstić information content (AvgIpc) is 2.67. The van der Waals surface area contributed by atoms with Crippen LogP contribution in [0.3, 0.4) is 0 Å². The number of hydrogen-bond acceptors (Lipinski definition) is 5. The highest BCUT2D eigenvalue weighted by atomic mass is 32.1. The molecule has 0 aliphatic carbocycles. The van der Waals surface area contributed by atoms with Gasteiger partial charge >= 0.3 is 0 Å². The minimum Gasteiger partial charge on any atom is -0.318 e. The van der Waals surface area contributed by atoms with Crippen LogP contribution in [0.2, 0.25) is 0 Å². The van der Waals surface area contributed by atoms with Crippen molar-refractivity contribution in [1.82, 2.24) is 15.6 Å². The maximum atomic E-state index is 11.4. The van der Waals surface area contributed by atoms with Gasteiger partial charge in [0.1, 0.15) is 0 Å². The van der Waals surface area contributed by atoms with Crippen LogP contribution in [0.25, 0.3) is 0 Å². The molecular formula is C11H20N4OS. The van der Waals surface area contributed by atoms with Gasteiger partial charge in [0.25, 0.3) is 5.91 Å². The van der Waals surface area contributed by atoms with Gasteiger partial charge in [-0.05, 0) is 32.6 Å². The normalized spacial score (nSPS) is 10.9. The Bertz CT molecular complexity index is 378. The van der Waals surface area contributed by atoms with Crippen molar-refractivity contribution in [2.75, 3.05) is 27.2 Å². The first-order valence-corrected chi connectivity index (χ1v) is 6.33. The highest BCUT2D eigenvalue weighted by molar-refractivity contribution is 7.14. The Hall–Kier alpha value is -0.950. The Labute approximate surface area is 106 Å². The molecule has 17 heavy (non-hydrogen) atoms. The SMILES string of the molecule is CNCCN(C)Cc1cc(C(=O)NN)sc1C. The van der Waals surface area contributed by atoms with Gasteiger partial charge in [0.2, 0.25) is 0 Å². The van der Waals surface area contributed by atoms with Gasteiger partial charge in [-0.15, -0.1) is 11.3 Å². The number of carbonyl (C=O) groups excluding carboxylic acids is 1. The molecule has 0 aliphatic heterocycles. The minimum atomic E-state index is -0.220. The van der Waals surface area contributed by atoms with E-state index in [-0.39, 0.29) is 5.91 Å². The van der Waals surface area contributed by atoms with Crippen molar-refractivity contribution in [3.8, 4) is 0 Å². The van der Waals surface area contributed by atoms with E-state index in [0.717, 1.165) is 19.6 Å². The van der Waals surface area contributed by atoms with E-state index in [2.05, 4.69) is 22.7 Å². The van der Waals surface area contributed by atoms with Crippen LogP contribution >= 0.6 is 11.3 Å². The predicted molar refractivity (Wildman–Crippen MR) is 71.0 cm³/mol. The molecule has 1 heterocycles. The van der Waals surface area contributed by atoms with Crippen molar-refractivity contribution in [1.29, 1.82) is 0 Å². The van der Waals surface area contributed by atoms with Crippen LogP contribution < -0.4 is 16.6 Å². The average molecular weight is 256 g/mol. The van der Waals surface area contributed by atoms with Gasteiger partial charge in [-0.25, -0.2) is 5.84 Å². The Morgan fingerprint density at radius 3 is 2.88 bits per heavy atom. The molecule has 1 aromatic heterocycles. The third-order valence-corrected chi connectivity index (χ3v) is 3.65. The van der Waals surface area contributed by atoms with E-state index in [1.54, 1.807) is 0 Å². The maximum absolute atomic E-state index is 11.4. The zero-order valence-electron chi connectivity index (χ0n) is 10.5. The van der Waals surface area contributed by atoms with E-state index in [9.17, 15) is 4.79 Å². The summed E-state index contributed by atoms with van der Waals surface area (Å²) in [4.78, 5) is 15.4. The number of hydrazine groups is 1. The summed E-state index contributed by atoms with van der Waals surface area (Å²) < 4.78 is 0. The molecule has 0 radical (unpaired) electrons. The number of rotatable bonds is 6. The van der Waals surface area contributed by atoms with Crippen molar-refractivity contribution < 1.29 is 4.79 Å². The van der Waals surface area contributed by atoms with E-state index < -0.39 is 0 Å². The molecule has 5 nitrogen and oxygen atoms in total. The predicted octanol–water partition coefficient (Wildman–Crippen LogP) is 0.311. The summed E-state index contributed by atoms with van der Waals surface area (Å²) in [5, 5.41) is 3.11. The van der Waals surface area contributed by atoms with Crippen LogP contribution in [0.4, 0.5) is 0 Å². The van der Waals surface area contributed by atoms with Crippen molar-refractivity contribution in [2.24, 2.45) is 5.84 Å². The smallest absolute Gasteiger partial charge is 0.275 e. The number of nitrogens with one attached hydrogen (secondary N) is 2. The first-order valence-electron chi connectivity index (χ1n) is 5.52. The van der Waals surface area contributed by atoms with E-state index in [1.165, 1.54) is 21.8 Å². The van der Waals surface area contributed by atoms with E-state index in [4.69, 9.17) is 5.84 Å². The third-order valence-electron chi connectivity index (χ3n) is 2.56. The van der Waals surface area contributed by atoms with Gasteiger partial charge in [-0.2, -0.15) is 0 Å². The van der Waals surface area contributed by atoms with Crippen LogP contribution in [0.15, 0.2) is 6.07 Å². The van der Waals surface area contributed by atoms with Gasteiger partial charge < -0.3 is 10.2 Å². The maximum Gasteiger partial charge on any atom is 0.275 e. The molecule has 0 atom stereocenters. The van der Waals surface area contributed by atoms with E-state index >= 15 is 0 Å². The van der Waals surface area contributed by atoms with Gasteiger partial charge in [-0.1, -0.05) is 0 Å². The molecular weight excluding hydrogens is 236 g/mol. The van der Waals surface area contributed by atoms with E-state index in [0.29, 0.717) is 4.88 Å². The second-order valence-electron chi connectivity index (χ2n) is 4.01. The topological polar surface area (TPSA) is 70.4 Å². The van der Waals surface area contributed by atoms with Crippen molar-refractivity contribution >= 4 is 17.2 Å². The standard InChI is InChI=1S/C11H20N4OS/c1-8-9(7-15(3)5-4-13-2)6-10(17-8)11(16)14-12/h6,13H,4-5,7,12H2,1-3H3,(H,14,16). The molecule has 1 amide bonds. The lowest BCUT2D eigenvalue weighted by molar-refractivity contribution is 0.0957. The quantitative estimate of drug-likeness (QED) is 0.389. The molecule has 0 spiro atoms. The molecule has 0 saturated heterocycles. The summed E-state index contributed by atoms with van der Waals surface area (Å²) in [6.07, 6.45) is 0. The first-order chi connectivity index (χ1) is 8.08. The van der Waals surface area contributed by atoms with Crippen LogP contribution in [-0.4, -0.2) is 38.0 Å². The number of hydrogen-bond donors (Lipinski definition) is 3. The molecule has 0 aliphatic rings. The number of thiophene rings is 1. The molecule has 1 aromatic rings. The lowest BCUT2D eigenvalue weighted by Crippen LogP contribution is -2.29. The van der Waals surface area contributed by atoms with Gasteiger partial charge in [-0.3, -0.25) is 10.2 Å². The number of nitrogens with two attached hydrogens (primary N) is 1. The monoisotopic (exact) mass is 256 g/mol. The number of carbonyl (C=O) groups is 1. The van der Waals surface area contributed by atoms with Crippen molar-refractivity contribution in [2.45, 2.75) is 13.5 Å². The lowest BCUT2D eigenvalue weighted by Gasteiger charge is -2.15. The summed E-state index contributed by atoms with van der Waals surface area (Å²) >= 11 is 1.48. The lowest BCUT2D eigenvalue weighted by atomic mass is 10.2. The fourth-order valence-corrected chi connectivity index (χ4v) is 2.47. The fraction of sp³-hybridized carbons (Fsp3) is 0.545. The molecule has 1 rings (SSSR count). The van der Waals surface area contributed by atoms with E-state index in [1.807, 2.05) is 20.0 Å². The Balaban J connectivity index is 2.65. The second kappa shape index (κ2) is 6.70. The molecule has 0 bridgehead atoms. The summed E-state index contributed by atoms with van der Waals surface area (Å²) in [5.74, 6) is 4.90. The highest BCUT2D eigenvalue weighted by Crippen LogP contribution is 2.22. The number of likely N-dealkylation sites (N-methyl/N-ethyl adjacent to an activating group) is 2. The zero-order valence-corrected chi connectivity index (χ0v) is 11.4. The minimum absolute atomic E-state index is 0.220. The van der Waals surface area contributed by atoms with Crippen molar-refractivity contribution in [3.63, 3.8) is 0 Å². The fourth-order valence-electron chi connectivity index (χ4n) is 1.53. The number of nitrogen functional groups attached to an aromatic ring is 1. The van der Waals surface area contributed by atoms with Crippen LogP contribution in [0.5, 0.6) is 0 Å². The molecule has 96 valence electrons. The Morgan fingerprint density at radius 1 is 1.59 bits per heavy atom. The van der Waals surface area contributed by atoms with Crippen LogP contribution in [-0.2, 0) is 6.54 Å². The first kappa shape index (κ1) is 14.1. The molecule has 6 heteroatoms. The molecule has 0 fully saturated rings. The summed E-state index contributed by atoms with van der Waals surface area (Å²) in [5.41, 5.74) is 3.34. The number of amides is 1. The van der Waals surface area contributed by atoms with Crippen LogP contribution in [0, 0.1) is 6.92 Å². The van der Waals surface area contributed by atoms with Crippen molar-refractivity contribution in [3.05, 3.63) is 21.4 Å². The van der Waals surface area contributed by atoms with Gasteiger partial charge in [0, 0.05) is 24.5 Å². The third kappa shape index (κ3) is 4.08. The van der Waals surface area contributed by atoms with Gasteiger partial charge in [0.05, 0.1) is 4.88 Å². The highest BCUT2D eigenvalue weighted by Gasteiger charge is 2.12. The molecule has 0 unspecified atom stereocenters. The summed E-state index contributed by atoms with van der Waals surface area (Å²) in [6, 6.07) is 1.91. The molecule has 0 aromatic carbocycles. The number of aryl methyl sites for hydroxylation is 1. The Morgan fingerprint density at radius 2 is 2.29 bits per heavy atom. The largest absolute Gasteiger partial charge is 0.318 e. The number of nitrogens with zero attached hydrogens (tertiary/aromatic N) is 1. The zero-order chi connectivity index (χ0) is 12.8. The second-order valence-corrected chi connectivity index (χ2v) is 5.26. The molecule has 0 saturated carbocycles. The summed E-state index contributed by atoms with van der Waals surface area (Å²) in [7, 11) is 4.00. The van der Waals surface area contributed by atoms with Crippen LogP contribution in [0.1, 0.15) is 20.1 Å².